The highest BCUT2D eigenvalue weighted by molar-refractivity contribution is 5.81. The van der Waals surface area contributed by atoms with Crippen LogP contribution < -0.4 is 0 Å². The van der Waals surface area contributed by atoms with Crippen molar-refractivity contribution in [2.45, 2.75) is 20.0 Å². The average Bonchev–Trinajstić information content (AvgIpc) is 2.08. The minimum Gasteiger partial charge on any atom is -0.393 e. The van der Waals surface area contributed by atoms with Crippen molar-refractivity contribution >= 4 is 5.91 Å². The molecule has 1 rings (SSSR count). The van der Waals surface area contributed by atoms with Gasteiger partial charge in [-0.15, -0.1) is 0 Å². The van der Waals surface area contributed by atoms with Gasteiger partial charge < -0.3 is 14.7 Å². The third-order valence-corrected chi connectivity index (χ3v) is 2.02. The van der Waals surface area contributed by atoms with Gasteiger partial charge in [0, 0.05) is 13.1 Å². The van der Waals surface area contributed by atoms with Crippen molar-refractivity contribution in [1.29, 1.82) is 0 Å². The molecule has 0 radical (unpaired) electrons. The van der Waals surface area contributed by atoms with Gasteiger partial charge in [0.2, 0.25) is 0 Å². The van der Waals surface area contributed by atoms with E-state index in [-0.39, 0.29) is 12.5 Å². The Morgan fingerprint density at radius 2 is 2.38 bits per heavy atom. The van der Waals surface area contributed by atoms with Gasteiger partial charge in [-0.25, -0.2) is 0 Å². The summed E-state index contributed by atoms with van der Waals surface area (Å²) in [7, 11) is 0. The van der Waals surface area contributed by atoms with Crippen LogP contribution in [0.15, 0.2) is 0 Å². The maximum absolute atomic E-state index is 11.5. The van der Waals surface area contributed by atoms with E-state index >= 15 is 0 Å². The molecule has 0 saturated carbocycles. The Hall–Kier alpha value is -0.610. The van der Waals surface area contributed by atoms with E-state index in [1.807, 2.05) is 0 Å². The van der Waals surface area contributed by atoms with E-state index in [2.05, 4.69) is 13.8 Å². The number of ether oxygens (including phenoxy) is 1. The van der Waals surface area contributed by atoms with Gasteiger partial charge >= 0.3 is 0 Å². The second-order valence-corrected chi connectivity index (χ2v) is 3.72. The molecule has 0 aromatic heterocycles. The maximum Gasteiger partial charge on any atom is 0.254 e. The topological polar surface area (TPSA) is 49.8 Å². The summed E-state index contributed by atoms with van der Waals surface area (Å²) in [6.45, 7) is 5.84. The van der Waals surface area contributed by atoms with Crippen molar-refractivity contribution in [3.05, 3.63) is 0 Å². The van der Waals surface area contributed by atoms with Gasteiger partial charge in [-0.05, 0) is 5.92 Å². The van der Waals surface area contributed by atoms with Crippen molar-refractivity contribution in [3.8, 4) is 0 Å². The molecule has 0 aromatic carbocycles. The zero-order chi connectivity index (χ0) is 9.84. The first-order valence-corrected chi connectivity index (χ1v) is 4.66. The Labute approximate surface area is 78.5 Å². The molecule has 1 amide bonds. The van der Waals surface area contributed by atoms with Crippen molar-refractivity contribution in [3.63, 3.8) is 0 Å². The second-order valence-electron chi connectivity index (χ2n) is 3.72. The quantitative estimate of drug-likeness (QED) is 0.669. The summed E-state index contributed by atoms with van der Waals surface area (Å²) < 4.78 is 5.11. The lowest BCUT2D eigenvalue weighted by atomic mass is 10.2. The Bertz CT molecular complexity index is 182. The maximum atomic E-state index is 11.5. The Balaban J connectivity index is 2.50. The number of nitrogens with zero attached hydrogens (tertiary/aromatic N) is 1. The first kappa shape index (κ1) is 10.5. The van der Waals surface area contributed by atoms with Crippen LogP contribution in [0.2, 0.25) is 0 Å². The highest BCUT2D eigenvalue weighted by Gasteiger charge is 2.28. The smallest absolute Gasteiger partial charge is 0.254 e. The third kappa shape index (κ3) is 2.67. The molecule has 1 saturated heterocycles. The van der Waals surface area contributed by atoms with Gasteiger partial charge in [0.25, 0.3) is 5.91 Å². The van der Waals surface area contributed by atoms with Crippen LogP contribution in [-0.2, 0) is 9.53 Å². The standard InChI is InChI=1S/C9H17NO3/c1-7(2)5-10-3-4-13-8(6-11)9(10)12/h7-8,11H,3-6H2,1-2H3. The van der Waals surface area contributed by atoms with Gasteiger partial charge in [-0.1, -0.05) is 13.8 Å². The summed E-state index contributed by atoms with van der Waals surface area (Å²) in [5.74, 6) is 0.379. The number of carbonyl (C=O) groups is 1. The largest absolute Gasteiger partial charge is 0.393 e. The lowest BCUT2D eigenvalue weighted by molar-refractivity contribution is -0.156. The van der Waals surface area contributed by atoms with Crippen LogP contribution >= 0.6 is 0 Å². The average molecular weight is 187 g/mol. The summed E-state index contributed by atoms with van der Waals surface area (Å²) in [6, 6.07) is 0. The van der Waals surface area contributed by atoms with Crippen molar-refractivity contribution in [2.75, 3.05) is 26.3 Å². The van der Waals surface area contributed by atoms with Gasteiger partial charge in [-0.2, -0.15) is 0 Å². The minimum absolute atomic E-state index is 0.0811. The van der Waals surface area contributed by atoms with E-state index < -0.39 is 6.10 Å². The fourth-order valence-electron chi connectivity index (χ4n) is 1.44. The highest BCUT2D eigenvalue weighted by atomic mass is 16.5. The van der Waals surface area contributed by atoms with Crippen molar-refractivity contribution < 1.29 is 14.6 Å². The Morgan fingerprint density at radius 3 is 2.92 bits per heavy atom. The molecule has 0 aliphatic carbocycles. The lowest BCUT2D eigenvalue weighted by Crippen LogP contribution is -2.50. The fraction of sp³-hybridized carbons (Fsp3) is 0.889. The molecule has 4 nitrogen and oxygen atoms in total. The van der Waals surface area contributed by atoms with Crippen molar-refractivity contribution in [2.24, 2.45) is 5.92 Å². The molecule has 0 spiro atoms. The van der Waals surface area contributed by atoms with Crippen LogP contribution in [0, 0.1) is 5.92 Å². The molecular weight excluding hydrogens is 170 g/mol. The van der Waals surface area contributed by atoms with E-state index in [1.54, 1.807) is 4.90 Å². The van der Waals surface area contributed by atoms with Crippen molar-refractivity contribution in [1.82, 2.24) is 4.90 Å². The normalized spacial score (nSPS) is 24.2. The zero-order valence-corrected chi connectivity index (χ0v) is 8.19. The van der Waals surface area contributed by atoms with Crippen LogP contribution in [0.25, 0.3) is 0 Å². The minimum atomic E-state index is -0.632. The Morgan fingerprint density at radius 1 is 1.69 bits per heavy atom. The molecule has 1 fully saturated rings. The predicted molar refractivity (Wildman–Crippen MR) is 48.2 cm³/mol. The summed E-state index contributed by atoms with van der Waals surface area (Å²) in [6.07, 6.45) is -0.632. The molecule has 13 heavy (non-hydrogen) atoms. The van der Waals surface area contributed by atoms with E-state index in [1.165, 1.54) is 0 Å². The SMILES string of the molecule is CC(C)CN1CCOC(CO)C1=O. The third-order valence-electron chi connectivity index (χ3n) is 2.02. The van der Waals surface area contributed by atoms with Crippen LogP contribution in [0.3, 0.4) is 0 Å². The van der Waals surface area contributed by atoms with Gasteiger partial charge in [0.15, 0.2) is 6.10 Å². The second kappa shape index (κ2) is 4.58. The highest BCUT2D eigenvalue weighted by Crippen LogP contribution is 2.08. The molecular formula is C9H17NO3. The molecule has 0 aromatic rings. The molecule has 1 N–H and O–H groups in total. The van der Waals surface area contributed by atoms with Gasteiger partial charge in [0.1, 0.15) is 0 Å². The molecule has 1 aliphatic heterocycles. The molecule has 4 heteroatoms. The first-order chi connectivity index (χ1) is 6.15. The van der Waals surface area contributed by atoms with Crippen LogP contribution in [0.1, 0.15) is 13.8 Å². The Kier molecular flexibility index (Phi) is 3.69. The predicted octanol–water partition coefficient (Wildman–Crippen LogP) is -0.138. The number of aliphatic hydroxyl groups is 1. The summed E-state index contributed by atoms with van der Waals surface area (Å²) in [5.41, 5.74) is 0. The molecule has 1 heterocycles. The summed E-state index contributed by atoms with van der Waals surface area (Å²) >= 11 is 0. The summed E-state index contributed by atoms with van der Waals surface area (Å²) in [4.78, 5) is 13.3. The van der Waals surface area contributed by atoms with Gasteiger partial charge in [0.05, 0.1) is 13.2 Å². The number of amides is 1. The molecule has 1 aliphatic rings. The number of rotatable bonds is 3. The van der Waals surface area contributed by atoms with E-state index in [0.29, 0.717) is 19.1 Å². The number of aliphatic hydroxyl groups excluding tert-OH is 1. The summed E-state index contributed by atoms with van der Waals surface area (Å²) in [5, 5.41) is 8.84. The lowest BCUT2D eigenvalue weighted by Gasteiger charge is -2.32. The van der Waals surface area contributed by atoms with Crippen LogP contribution in [-0.4, -0.2) is 48.3 Å². The van der Waals surface area contributed by atoms with E-state index in [9.17, 15) is 4.79 Å². The van der Waals surface area contributed by atoms with Crippen LogP contribution in [0.5, 0.6) is 0 Å². The zero-order valence-electron chi connectivity index (χ0n) is 8.19. The number of hydrogen-bond donors (Lipinski definition) is 1. The molecule has 1 atom stereocenters. The fourth-order valence-corrected chi connectivity index (χ4v) is 1.44. The number of hydrogen-bond acceptors (Lipinski definition) is 3. The van der Waals surface area contributed by atoms with E-state index in [4.69, 9.17) is 9.84 Å². The number of morpholine rings is 1. The van der Waals surface area contributed by atoms with E-state index in [0.717, 1.165) is 6.54 Å². The van der Waals surface area contributed by atoms with Crippen LogP contribution in [0.4, 0.5) is 0 Å². The molecule has 1 unspecified atom stereocenters. The molecule has 76 valence electrons. The monoisotopic (exact) mass is 187 g/mol. The van der Waals surface area contributed by atoms with Gasteiger partial charge in [-0.3, -0.25) is 4.79 Å². The first-order valence-electron chi connectivity index (χ1n) is 4.66. The molecule has 0 bridgehead atoms. The number of carbonyl (C=O) groups excluding carboxylic acids is 1.